The van der Waals surface area contributed by atoms with Crippen molar-refractivity contribution in [1.29, 1.82) is 0 Å². The Balaban J connectivity index is 2.20. The summed E-state index contributed by atoms with van der Waals surface area (Å²) >= 11 is 0. The highest BCUT2D eigenvalue weighted by Gasteiger charge is 2.23. The average Bonchev–Trinajstić information content (AvgIpc) is 2.66. The number of benzene rings is 2. The van der Waals surface area contributed by atoms with Gasteiger partial charge in [-0.25, -0.2) is 13.6 Å². The monoisotopic (exact) mass is 366 g/mol. The first-order valence-corrected chi connectivity index (χ1v) is 7.37. The molecule has 2 aromatic carbocycles. The number of ketones is 1. The molecule has 6 nitrogen and oxygen atoms in total. The first kappa shape index (κ1) is 19.2. The van der Waals surface area contributed by atoms with Crippen molar-refractivity contribution in [2.24, 2.45) is 0 Å². The predicted molar refractivity (Wildman–Crippen MR) is 87.1 cm³/mol. The maximum absolute atomic E-state index is 13.6. The Bertz CT molecular complexity index is 835. The van der Waals surface area contributed by atoms with Crippen LogP contribution in [-0.2, 0) is 4.74 Å². The second kappa shape index (κ2) is 8.28. The molecule has 2 aromatic rings. The Hall–Kier alpha value is -3.16. The standard InChI is InChI=1S/C18H16F2O6/c1-23-15-7-5-11(16(24-2)17(15)25-3)18(22)26-9-14(21)12-8-10(19)4-6-13(12)20/h4-8H,9H2,1-3H3. The van der Waals surface area contributed by atoms with Gasteiger partial charge < -0.3 is 18.9 Å². The van der Waals surface area contributed by atoms with Crippen LogP contribution < -0.4 is 14.2 Å². The summed E-state index contributed by atoms with van der Waals surface area (Å²) < 4.78 is 47.1. The van der Waals surface area contributed by atoms with Crippen LogP contribution in [0.1, 0.15) is 20.7 Å². The fraction of sp³-hybridized carbons (Fsp3) is 0.222. The molecule has 0 N–H and O–H groups in total. The molecular weight excluding hydrogens is 350 g/mol. The summed E-state index contributed by atoms with van der Waals surface area (Å²) in [5.74, 6) is -2.89. The van der Waals surface area contributed by atoms with Gasteiger partial charge in [0.25, 0.3) is 0 Å². The second-order valence-electron chi connectivity index (χ2n) is 5.01. The lowest BCUT2D eigenvalue weighted by Crippen LogP contribution is -2.16. The number of rotatable bonds is 7. The van der Waals surface area contributed by atoms with Crippen LogP contribution >= 0.6 is 0 Å². The van der Waals surface area contributed by atoms with Crippen molar-refractivity contribution in [2.45, 2.75) is 0 Å². The van der Waals surface area contributed by atoms with Gasteiger partial charge >= 0.3 is 5.97 Å². The van der Waals surface area contributed by atoms with Crippen LogP contribution in [0.2, 0.25) is 0 Å². The van der Waals surface area contributed by atoms with E-state index in [0.717, 1.165) is 18.2 Å². The number of ether oxygens (including phenoxy) is 4. The summed E-state index contributed by atoms with van der Waals surface area (Å²) in [6.07, 6.45) is 0. The van der Waals surface area contributed by atoms with Crippen molar-refractivity contribution in [3.63, 3.8) is 0 Å². The molecule has 2 rings (SSSR count). The van der Waals surface area contributed by atoms with Gasteiger partial charge in [0.2, 0.25) is 11.5 Å². The van der Waals surface area contributed by atoms with Crippen LogP contribution in [0.4, 0.5) is 8.78 Å². The lowest BCUT2D eigenvalue weighted by molar-refractivity contribution is 0.0469. The second-order valence-corrected chi connectivity index (χ2v) is 5.01. The fourth-order valence-corrected chi connectivity index (χ4v) is 2.26. The molecule has 0 fully saturated rings. The molecule has 138 valence electrons. The third kappa shape index (κ3) is 3.90. The molecule has 0 atom stereocenters. The van der Waals surface area contributed by atoms with E-state index < -0.39 is 35.6 Å². The molecule has 0 heterocycles. The first-order valence-electron chi connectivity index (χ1n) is 7.37. The van der Waals surface area contributed by atoms with E-state index in [1.165, 1.54) is 33.5 Å². The van der Waals surface area contributed by atoms with Crippen LogP contribution in [0, 0.1) is 11.6 Å². The molecule has 8 heteroatoms. The van der Waals surface area contributed by atoms with Crippen molar-refractivity contribution in [3.8, 4) is 17.2 Å². The molecule has 0 spiro atoms. The third-order valence-corrected chi connectivity index (χ3v) is 3.49. The summed E-state index contributed by atoms with van der Waals surface area (Å²) in [4.78, 5) is 24.2. The van der Waals surface area contributed by atoms with Crippen LogP contribution in [0.25, 0.3) is 0 Å². The van der Waals surface area contributed by atoms with E-state index in [0.29, 0.717) is 5.75 Å². The first-order chi connectivity index (χ1) is 12.4. The largest absolute Gasteiger partial charge is 0.493 e. The Labute approximate surface area is 148 Å². The Morgan fingerprint density at radius 2 is 1.58 bits per heavy atom. The quantitative estimate of drug-likeness (QED) is 0.554. The molecule has 26 heavy (non-hydrogen) atoms. The average molecular weight is 366 g/mol. The highest BCUT2D eigenvalue weighted by molar-refractivity contribution is 6.00. The molecule has 0 amide bonds. The highest BCUT2D eigenvalue weighted by atomic mass is 19.1. The van der Waals surface area contributed by atoms with Gasteiger partial charge in [0.1, 0.15) is 17.2 Å². The van der Waals surface area contributed by atoms with E-state index >= 15 is 0 Å². The van der Waals surface area contributed by atoms with Crippen LogP contribution in [0.3, 0.4) is 0 Å². The Morgan fingerprint density at radius 1 is 0.885 bits per heavy atom. The van der Waals surface area contributed by atoms with Crippen LogP contribution in [0.5, 0.6) is 17.2 Å². The van der Waals surface area contributed by atoms with E-state index in [1.807, 2.05) is 0 Å². The van der Waals surface area contributed by atoms with Gasteiger partial charge in [-0.3, -0.25) is 4.79 Å². The van der Waals surface area contributed by atoms with E-state index in [1.54, 1.807) is 0 Å². The topological polar surface area (TPSA) is 71.1 Å². The number of esters is 1. The minimum Gasteiger partial charge on any atom is -0.493 e. The molecule has 0 bridgehead atoms. The van der Waals surface area contributed by atoms with E-state index in [4.69, 9.17) is 18.9 Å². The molecule has 0 saturated carbocycles. The minimum atomic E-state index is -0.906. The smallest absolute Gasteiger partial charge is 0.342 e. The zero-order valence-electron chi connectivity index (χ0n) is 14.3. The highest BCUT2D eigenvalue weighted by Crippen LogP contribution is 2.39. The minimum absolute atomic E-state index is 0.0161. The van der Waals surface area contributed by atoms with E-state index in [9.17, 15) is 18.4 Å². The van der Waals surface area contributed by atoms with Crippen molar-refractivity contribution in [1.82, 2.24) is 0 Å². The molecular formula is C18H16F2O6. The number of Topliss-reactive ketones (excluding diaryl/α,β-unsaturated/α-hetero) is 1. The van der Waals surface area contributed by atoms with Crippen molar-refractivity contribution >= 4 is 11.8 Å². The number of carbonyl (C=O) groups excluding carboxylic acids is 2. The van der Waals surface area contributed by atoms with Gasteiger partial charge in [0, 0.05) is 0 Å². The number of methoxy groups -OCH3 is 3. The number of carbonyl (C=O) groups is 2. The maximum Gasteiger partial charge on any atom is 0.342 e. The number of hydrogen-bond donors (Lipinski definition) is 0. The summed E-state index contributed by atoms with van der Waals surface area (Å²) in [5, 5.41) is 0. The molecule has 0 aliphatic heterocycles. The zero-order valence-corrected chi connectivity index (χ0v) is 14.3. The van der Waals surface area contributed by atoms with Crippen molar-refractivity contribution in [2.75, 3.05) is 27.9 Å². The molecule has 0 aliphatic rings. The maximum atomic E-state index is 13.6. The lowest BCUT2D eigenvalue weighted by atomic mass is 10.1. The number of halogens is 2. The van der Waals surface area contributed by atoms with Gasteiger partial charge in [-0.05, 0) is 30.3 Å². The van der Waals surface area contributed by atoms with Crippen molar-refractivity contribution < 1.29 is 37.3 Å². The normalized spacial score (nSPS) is 10.2. The van der Waals surface area contributed by atoms with Crippen molar-refractivity contribution in [3.05, 3.63) is 53.1 Å². The summed E-state index contributed by atoms with van der Waals surface area (Å²) in [6.45, 7) is -0.767. The Kier molecular flexibility index (Phi) is 6.11. The third-order valence-electron chi connectivity index (χ3n) is 3.49. The van der Waals surface area contributed by atoms with Gasteiger partial charge in [-0.15, -0.1) is 0 Å². The fourth-order valence-electron chi connectivity index (χ4n) is 2.26. The predicted octanol–water partition coefficient (Wildman–Crippen LogP) is 3.03. The van der Waals surface area contributed by atoms with Gasteiger partial charge in [0.15, 0.2) is 18.1 Å². The summed E-state index contributed by atoms with van der Waals surface area (Å²) in [6, 6.07) is 5.28. The van der Waals surface area contributed by atoms with E-state index in [2.05, 4.69) is 0 Å². The molecule has 0 unspecified atom stereocenters. The SMILES string of the molecule is COc1ccc(C(=O)OCC(=O)c2cc(F)ccc2F)c(OC)c1OC. The van der Waals surface area contributed by atoms with Crippen LogP contribution in [0.15, 0.2) is 30.3 Å². The number of hydrogen-bond acceptors (Lipinski definition) is 6. The summed E-state index contributed by atoms with van der Waals surface area (Å²) in [5.41, 5.74) is -0.519. The molecule has 0 aliphatic carbocycles. The molecule has 0 saturated heterocycles. The molecule has 0 radical (unpaired) electrons. The Morgan fingerprint density at radius 3 is 2.19 bits per heavy atom. The lowest BCUT2D eigenvalue weighted by Gasteiger charge is -2.15. The van der Waals surface area contributed by atoms with Gasteiger partial charge in [0.05, 0.1) is 26.9 Å². The molecule has 0 aromatic heterocycles. The van der Waals surface area contributed by atoms with Gasteiger partial charge in [-0.2, -0.15) is 0 Å². The zero-order chi connectivity index (χ0) is 19.3. The summed E-state index contributed by atoms with van der Waals surface area (Å²) in [7, 11) is 4.11. The van der Waals surface area contributed by atoms with Gasteiger partial charge in [-0.1, -0.05) is 0 Å². The van der Waals surface area contributed by atoms with Crippen LogP contribution in [-0.4, -0.2) is 39.7 Å². The van der Waals surface area contributed by atoms with E-state index in [-0.39, 0.29) is 17.1 Å².